The molecule has 0 heterocycles. The van der Waals surface area contributed by atoms with Crippen LogP contribution in [0.2, 0.25) is 0 Å². The van der Waals surface area contributed by atoms with Crippen molar-refractivity contribution < 1.29 is 17.1 Å². The van der Waals surface area contributed by atoms with E-state index in [-0.39, 0.29) is 17.1 Å². The molecule has 0 aromatic heterocycles. The Morgan fingerprint density at radius 1 is 1.42 bits per heavy atom. The van der Waals surface area contributed by atoms with Crippen molar-refractivity contribution >= 4 is 0 Å². The molecule has 0 aliphatic heterocycles. The van der Waals surface area contributed by atoms with Gasteiger partial charge in [-0.25, -0.2) is 19.3 Å². The first-order chi connectivity index (χ1) is 5.31. The van der Waals surface area contributed by atoms with E-state index in [0.29, 0.717) is 5.92 Å². The fourth-order valence-corrected chi connectivity index (χ4v) is 0.787. The van der Waals surface area contributed by atoms with Gasteiger partial charge in [-0.3, -0.25) is 0 Å². The molecule has 0 amide bonds. The normalized spacial score (nSPS) is 11.8. The van der Waals surface area contributed by atoms with E-state index < -0.39 is 0 Å². The molecule has 1 unspecified atom stereocenters. The second-order valence-electron chi connectivity index (χ2n) is 2.69. The Kier molecular flexibility index (Phi) is 13.9. The molecule has 0 bridgehead atoms. The van der Waals surface area contributed by atoms with Crippen LogP contribution in [0.5, 0.6) is 0 Å². The van der Waals surface area contributed by atoms with Crippen LogP contribution in [-0.2, 0) is 17.1 Å². The summed E-state index contributed by atoms with van der Waals surface area (Å²) < 4.78 is 0. The molecule has 1 atom stereocenters. The van der Waals surface area contributed by atoms with E-state index in [1.807, 2.05) is 6.08 Å². The molecule has 12 heavy (non-hydrogen) atoms. The quantitative estimate of drug-likeness (QED) is 0.259. The van der Waals surface area contributed by atoms with Crippen molar-refractivity contribution in [3.8, 4) is 0 Å². The molecule has 0 nitrogen and oxygen atoms in total. The molecule has 0 saturated carbocycles. The Morgan fingerprint density at radius 2 is 2.08 bits per heavy atom. The summed E-state index contributed by atoms with van der Waals surface area (Å²) in [6.07, 6.45) is 10.6. The van der Waals surface area contributed by atoms with Gasteiger partial charge < -0.3 is 33.1 Å². The van der Waals surface area contributed by atoms with Gasteiger partial charge in [-0.05, 0) is 0 Å². The molecule has 0 radical (unpaired) electrons. The topological polar surface area (TPSA) is 0 Å². The minimum Gasteiger partial charge on any atom is -0.360 e. The summed E-state index contributed by atoms with van der Waals surface area (Å²) in [6, 6.07) is 0. The van der Waals surface area contributed by atoms with Crippen LogP contribution in [-0.4, -0.2) is 0 Å². The van der Waals surface area contributed by atoms with Crippen molar-refractivity contribution in [2.45, 2.75) is 25.7 Å². The molecule has 0 rings (SSSR count). The van der Waals surface area contributed by atoms with Gasteiger partial charge in [-0.15, -0.1) is 12.7 Å². The van der Waals surface area contributed by atoms with Gasteiger partial charge in [0, 0.05) is 0 Å². The average Bonchev–Trinajstić information content (AvgIpc) is 2.04. The predicted octanol–water partition coefficient (Wildman–Crippen LogP) is 3.42. The van der Waals surface area contributed by atoms with E-state index in [4.69, 9.17) is 0 Å². The summed E-state index contributed by atoms with van der Waals surface area (Å²) in [5.41, 5.74) is 0. The molecule has 70 valence electrons. The molecular formula is C11H18Fe. The van der Waals surface area contributed by atoms with E-state index in [1.165, 1.54) is 0 Å². The third-order valence-corrected chi connectivity index (χ3v) is 1.54. The van der Waals surface area contributed by atoms with Gasteiger partial charge in [0.05, 0.1) is 0 Å². The summed E-state index contributed by atoms with van der Waals surface area (Å²) in [7, 11) is 0. The van der Waals surface area contributed by atoms with Crippen LogP contribution in [0.1, 0.15) is 25.7 Å². The SMILES string of the molecule is C=CC([CH2-])C[CH-]C[CH-]CC[CH2-].[Fe+4]. The van der Waals surface area contributed by atoms with Crippen molar-refractivity contribution in [1.29, 1.82) is 0 Å². The van der Waals surface area contributed by atoms with E-state index in [0.717, 1.165) is 25.7 Å². The Bertz CT molecular complexity index is 89.0. The van der Waals surface area contributed by atoms with Crippen molar-refractivity contribution in [3.05, 3.63) is 39.3 Å². The minimum atomic E-state index is 0. The maximum atomic E-state index is 3.90. The average molecular weight is 206 g/mol. The van der Waals surface area contributed by atoms with Crippen molar-refractivity contribution in [3.63, 3.8) is 0 Å². The summed E-state index contributed by atoms with van der Waals surface area (Å²) >= 11 is 0. The van der Waals surface area contributed by atoms with Gasteiger partial charge in [-0.2, -0.15) is 5.92 Å². The summed E-state index contributed by atoms with van der Waals surface area (Å²) in [6.45, 7) is 11.3. The maximum Gasteiger partial charge on any atom is 4.00 e. The monoisotopic (exact) mass is 206 g/mol. The van der Waals surface area contributed by atoms with Gasteiger partial charge >= 0.3 is 17.1 Å². The smallest absolute Gasteiger partial charge is 0.360 e. The van der Waals surface area contributed by atoms with Crippen molar-refractivity contribution in [1.82, 2.24) is 0 Å². The molecule has 0 fully saturated rings. The fourth-order valence-electron chi connectivity index (χ4n) is 0.787. The molecule has 0 aliphatic rings. The number of unbranched alkanes of at least 4 members (excludes halogenated alkanes) is 4. The molecule has 0 spiro atoms. The molecule has 0 aliphatic carbocycles. The zero-order valence-corrected chi connectivity index (χ0v) is 8.72. The molecule has 0 aromatic carbocycles. The summed E-state index contributed by atoms with van der Waals surface area (Å²) in [4.78, 5) is 0. The minimum absolute atomic E-state index is 0. The number of rotatable bonds is 7. The summed E-state index contributed by atoms with van der Waals surface area (Å²) in [5.74, 6) is 0.378. The molecule has 0 N–H and O–H groups in total. The fraction of sp³-hybridized carbons (Fsp3) is 0.455. The van der Waals surface area contributed by atoms with Crippen molar-refractivity contribution in [2.75, 3.05) is 0 Å². The number of hydrogen-bond donors (Lipinski definition) is 0. The van der Waals surface area contributed by atoms with E-state index in [2.05, 4.69) is 33.3 Å². The first-order valence-corrected chi connectivity index (χ1v) is 4.19. The van der Waals surface area contributed by atoms with Gasteiger partial charge in [0.2, 0.25) is 0 Å². The Hall–Kier alpha value is 0.259. The zero-order valence-electron chi connectivity index (χ0n) is 7.61. The van der Waals surface area contributed by atoms with Crippen LogP contribution in [0.4, 0.5) is 0 Å². The van der Waals surface area contributed by atoms with Crippen LogP contribution in [0, 0.1) is 32.6 Å². The van der Waals surface area contributed by atoms with Gasteiger partial charge in [0.1, 0.15) is 0 Å². The molecule has 0 saturated heterocycles. The summed E-state index contributed by atoms with van der Waals surface area (Å²) in [5, 5.41) is 0. The standard InChI is InChI=1S/C11H18.Fe/c1-4-6-7-8-9-10-11(3)5-2;/h5,7,9,11H,1-4,6,8,10H2;/q-4;+4. The molecular weight excluding hydrogens is 188 g/mol. The Labute approximate surface area is 88.3 Å². The Morgan fingerprint density at radius 3 is 2.58 bits per heavy atom. The van der Waals surface area contributed by atoms with Crippen LogP contribution < -0.4 is 0 Å². The van der Waals surface area contributed by atoms with Crippen molar-refractivity contribution in [2.24, 2.45) is 5.92 Å². The van der Waals surface area contributed by atoms with Crippen LogP contribution in [0.3, 0.4) is 0 Å². The second-order valence-corrected chi connectivity index (χ2v) is 2.69. The first-order valence-electron chi connectivity index (χ1n) is 4.19. The van der Waals surface area contributed by atoms with Gasteiger partial charge in [-0.1, -0.05) is 0 Å². The predicted molar refractivity (Wildman–Crippen MR) is 51.5 cm³/mol. The third-order valence-electron chi connectivity index (χ3n) is 1.54. The van der Waals surface area contributed by atoms with Crippen LogP contribution >= 0.6 is 0 Å². The maximum absolute atomic E-state index is 3.90. The largest absolute Gasteiger partial charge is 4.00 e. The van der Waals surface area contributed by atoms with E-state index in [1.54, 1.807) is 0 Å². The van der Waals surface area contributed by atoms with Gasteiger partial charge in [0.25, 0.3) is 0 Å². The zero-order chi connectivity index (χ0) is 8.53. The van der Waals surface area contributed by atoms with Gasteiger partial charge in [0.15, 0.2) is 0 Å². The third kappa shape index (κ3) is 10.3. The first kappa shape index (κ1) is 14.8. The van der Waals surface area contributed by atoms with Crippen LogP contribution in [0.25, 0.3) is 0 Å². The molecule has 1 heteroatoms. The van der Waals surface area contributed by atoms with E-state index in [9.17, 15) is 0 Å². The second kappa shape index (κ2) is 11.3. The van der Waals surface area contributed by atoms with Crippen LogP contribution in [0.15, 0.2) is 12.7 Å². The van der Waals surface area contributed by atoms with E-state index >= 15 is 0 Å². The number of hydrogen-bond acceptors (Lipinski definition) is 0. The number of allylic oxidation sites excluding steroid dienone is 1. The molecule has 0 aromatic rings. The Balaban J connectivity index is 0.